The van der Waals surface area contributed by atoms with Crippen LogP contribution in [0.25, 0.3) is 11.5 Å². The number of hydrogen-bond acceptors (Lipinski definition) is 4. The van der Waals surface area contributed by atoms with Crippen molar-refractivity contribution >= 4 is 23.5 Å². The molecule has 100 valence electrons. The van der Waals surface area contributed by atoms with Crippen LogP contribution in [0.1, 0.15) is 20.3 Å². The van der Waals surface area contributed by atoms with E-state index >= 15 is 0 Å². The van der Waals surface area contributed by atoms with Crippen molar-refractivity contribution in [1.82, 2.24) is 10.1 Å². The van der Waals surface area contributed by atoms with Crippen LogP contribution < -0.4 is 5.32 Å². The fraction of sp³-hybridized carbons (Fsp3) is 0.308. The van der Waals surface area contributed by atoms with Crippen LogP contribution in [0.3, 0.4) is 0 Å². The van der Waals surface area contributed by atoms with Gasteiger partial charge in [-0.15, -0.1) is 0 Å². The molecule has 19 heavy (non-hydrogen) atoms. The lowest BCUT2D eigenvalue weighted by molar-refractivity contribution is -0.116. The molecule has 6 heteroatoms. The average molecular weight is 280 g/mol. The summed E-state index contributed by atoms with van der Waals surface area (Å²) < 4.78 is 5.08. The van der Waals surface area contributed by atoms with Crippen LogP contribution in [-0.2, 0) is 4.79 Å². The lowest BCUT2D eigenvalue weighted by Gasteiger charge is -2.02. The number of benzene rings is 1. The molecule has 0 radical (unpaired) electrons. The second-order valence-corrected chi connectivity index (χ2v) is 5.01. The van der Waals surface area contributed by atoms with Gasteiger partial charge in [0, 0.05) is 17.0 Å². The lowest BCUT2D eigenvalue weighted by atomic mass is 10.1. The van der Waals surface area contributed by atoms with Gasteiger partial charge < -0.3 is 4.52 Å². The average Bonchev–Trinajstić information content (AvgIpc) is 2.77. The van der Waals surface area contributed by atoms with Gasteiger partial charge in [-0.05, 0) is 35.3 Å². The Labute approximate surface area is 116 Å². The van der Waals surface area contributed by atoms with Crippen molar-refractivity contribution in [3.63, 3.8) is 0 Å². The molecular formula is C13H14ClN3O2. The van der Waals surface area contributed by atoms with Gasteiger partial charge in [0.1, 0.15) is 0 Å². The molecule has 5 nitrogen and oxygen atoms in total. The van der Waals surface area contributed by atoms with Crippen LogP contribution in [0.4, 0.5) is 5.95 Å². The van der Waals surface area contributed by atoms with Crippen molar-refractivity contribution in [2.45, 2.75) is 20.3 Å². The highest BCUT2D eigenvalue weighted by molar-refractivity contribution is 6.30. The van der Waals surface area contributed by atoms with Crippen LogP contribution in [0, 0.1) is 5.92 Å². The molecule has 0 fully saturated rings. The highest BCUT2D eigenvalue weighted by atomic mass is 35.5. The maximum absolute atomic E-state index is 11.6. The van der Waals surface area contributed by atoms with Crippen molar-refractivity contribution in [3.05, 3.63) is 29.3 Å². The normalized spacial score (nSPS) is 10.7. The van der Waals surface area contributed by atoms with E-state index in [9.17, 15) is 4.79 Å². The summed E-state index contributed by atoms with van der Waals surface area (Å²) in [5.74, 6) is 0.674. The van der Waals surface area contributed by atoms with Gasteiger partial charge in [0.05, 0.1) is 0 Å². The van der Waals surface area contributed by atoms with Crippen LogP contribution in [0.15, 0.2) is 28.8 Å². The van der Waals surface area contributed by atoms with E-state index in [2.05, 4.69) is 15.5 Å². The van der Waals surface area contributed by atoms with Gasteiger partial charge in [0.15, 0.2) is 0 Å². The van der Waals surface area contributed by atoms with E-state index in [1.165, 1.54) is 0 Å². The molecule has 0 atom stereocenters. The third-order valence-electron chi connectivity index (χ3n) is 2.36. The summed E-state index contributed by atoms with van der Waals surface area (Å²) in [5, 5.41) is 6.94. The Hall–Kier alpha value is -1.88. The SMILES string of the molecule is CC(C)CC(=O)Nc1noc(-c2ccc(Cl)cc2)n1. The molecule has 0 saturated carbocycles. The molecule has 2 aromatic rings. The number of hydrogen-bond donors (Lipinski definition) is 1. The quantitative estimate of drug-likeness (QED) is 0.931. The number of aromatic nitrogens is 2. The van der Waals surface area contributed by atoms with Gasteiger partial charge in [-0.1, -0.05) is 25.4 Å². The Balaban J connectivity index is 2.07. The van der Waals surface area contributed by atoms with Gasteiger partial charge in [0.2, 0.25) is 5.91 Å². The number of carbonyl (C=O) groups is 1. The van der Waals surface area contributed by atoms with Crippen molar-refractivity contribution in [2.75, 3.05) is 5.32 Å². The largest absolute Gasteiger partial charge is 0.332 e. The summed E-state index contributed by atoms with van der Waals surface area (Å²) in [6.45, 7) is 3.93. The summed E-state index contributed by atoms with van der Waals surface area (Å²) in [5.41, 5.74) is 0.751. The van der Waals surface area contributed by atoms with Gasteiger partial charge in [-0.3, -0.25) is 10.1 Å². The maximum Gasteiger partial charge on any atom is 0.270 e. The molecule has 1 heterocycles. The summed E-state index contributed by atoms with van der Waals surface area (Å²) in [6.07, 6.45) is 0.421. The lowest BCUT2D eigenvalue weighted by Crippen LogP contribution is -2.14. The minimum Gasteiger partial charge on any atom is -0.332 e. The Kier molecular flexibility index (Phi) is 4.16. The second-order valence-electron chi connectivity index (χ2n) is 4.58. The van der Waals surface area contributed by atoms with Crippen molar-refractivity contribution in [3.8, 4) is 11.5 Å². The molecule has 0 unspecified atom stereocenters. The molecule has 1 N–H and O–H groups in total. The van der Waals surface area contributed by atoms with Crippen LogP contribution >= 0.6 is 11.6 Å². The molecule has 0 aliphatic heterocycles. The predicted molar refractivity (Wildman–Crippen MR) is 72.8 cm³/mol. The third-order valence-corrected chi connectivity index (χ3v) is 2.61. The Morgan fingerprint density at radius 2 is 2.05 bits per heavy atom. The topological polar surface area (TPSA) is 68.0 Å². The van der Waals surface area contributed by atoms with E-state index in [0.29, 0.717) is 17.3 Å². The van der Waals surface area contributed by atoms with Gasteiger partial charge in [-0.25, -0.2) is 0 Å². The predicted octanol–water partition coefficient (Wildman–Crippen LogP) is 3.37. The van der Waals surface area contributed by atoms with Crippen molar-refractivity contribution < 1.29 is 9.32 Å². The molecule has 1 amide bonds. The smallest absolute Gasteiger partial charge is 0.270 e. The molecule has 2 rings (SSSR count). The number of nitrogens with one attached hydrogen (secondary N) is 1. The Morgan fingerprint density at radius 1 is 1.37 bits per heavy atom. The highest BCUT2D eigenvalue weighted by Gasteiger charge is 2.12. The number of anilines is 1. The fourth-order valence-corrected chi connectivity index (χ4v) is 1.66. The van der Waals surface area contributed by atoms with Gasteiger partial charge >= 0.3 is 0 Å². The molecule has 0 aliphatic rings. The number of rotatable bonds is 4. The zero-order valence-electron chi connectivity index (χ0n) is 10.7. The van der Waals surface area contributed by atoms with Crippen molar-refractivity contribution in [1.29, 1.82) is 0 Å². The second kappa shape index (κ2) is 5.84. The fourth-order valence-electron chi connectivity index (χ4n) is 1.53. The molecule has 0 saturated heterocycles. The third kappa shape index (κ3) is 3.79. The number of amides is 1. The summed E-state index contributed by atoms with van der Waals surface area (Å²) in [7, 11) is 0. The molecule has 0 spiro atoms. The molecule has 1 aromatic carbocycles. The van der Waals surface area contributed by atoms with Crippen LogP contribution in [0.2, 0.25) is 5.02 Å². The highest BCUT2D eigenvalue weighted by Crippen LogP contribution is 2.20. The van der Waals surface area contributed by atoms with Crippen molar-refractivity contribution in [2.24, 2.45) is 5.92 Å². The number of carbonyl (C=O) groups excluding carboxylic acids is 1. The summed E-state index contributed by atoms with van der Waals surface area (Å²) >= 11 is 5.80. The minimum atomic E-state index is -0.126. The van der Waals surface area contributed by atoms with E-state index in [0.717, 1.165) is 5.56 Å². The number of nitrogens with zero attached hydrogens (tertiary/aromatic N) is 2. The van der Waals surface area contributed by atoms with E-state index in [1.54, 1.807) is 24.3 Å². The molecule has 0 bridgehead atoms. The van der Waals surface area contributed by atoms with Gasteiger partial charge in [0.25, 0.3) is 11.8 Å². The first kappa shape index (κ1) is 13.5. The monoisotopic (exact) mass is 279 g/mol. The number of halogens is 1. The maximum atomic E-state index is 11.6. The summed E-state index contributed by atoms with van der Waals surface area (Å²) in [4.78, 5) is 15.7. The first-order valence-electron chi connectivity index (χ1n) is 5.94. The van der Waals surface area contributed by atoms with Crippen LogP contribution in [0.5, 0.6) is 0 Å². The molecular weight excluding hydrogens is 266 g/mol. The first-order chi connectivity index (χ1) is 9.04. The minimum absolute atomic E-state index is 0.126. The Morgan fingerprint density at radius 3 is 2.68 bits per heavy atom. The molecule has 1 aromatic heterocycles. The zero-order chi connectivity index (χ0) is 13.8. The summed E-state index contributed by atoms with van der Waals surface area (Å²) in [6, 6.07) is 7.02. The first-order valence-corrected chi connectivity index (χ1v) is 6.32. The van der Waals surface area contributed by atoms with E-state index < -0.39 is 0 Å². The van der Waals surface area contributed by atoms with Crippen LogP contribution in [-0.4, -0.2) is 16.0 Å². The molecule has 0 aliphatic carbocycles. The van der Waals surface area contributed by atoms with E-state index in [1.807, 2.05) is 13.8 Å². The van der Waals surface area contributed by atoms with E-state index in [-0.39, 0.29) is 17.8 Å². The zero-order valence-corrected chi connectivity index (χ0v) is 11.4. The standard InChI is InChI=1S/C13H14ClN3O2/c1-8(2)7-11(18)15-13-16-12(19-17-13)9-3-5-10(14)6-4-9/h3-6,8H,7H2,1-2H3,(H,15,17,18). The Bertz CT molecular complexity index is 564. The van der Waals surface area contributed by atoms with E-state index in [4.69, 9.17) is 16.1 Å². The van der Waals surface area contributed by atoms with Gasteiger partial charge in [-0.2, -0.15) is 4.98 Å².